The van der Waals surface area contributed by atoms with Gasteiger partial charge in [0, 0.05) is 22.6 Å². The van der Waals surface area contributed by atoms with Gasteiger partial charge in [-0.25, -0.2) is 22.0 Å². The van der Waals surface area contributed by atoms with Crippen molar-refractivity contribution in [1.82, 2.24) is 0 Å². The molecule has 0 bridgehead atoms. The molecule has 0 spiro atoms. The van der Waals surface area contributed by atoms with Crippen molar-refractivity contribution >= 4 is 39.2 Å². The number of fused-ring (bicyclic) bond motifs is 1. The zero-order valence-electron chi connectivity index (χ0n) is 17.1. The maximum absolute atomic E-state index is 14.6. The minimum Gasteiger partial charge on any atom is -0.497 e. The second-order valence-corrected chi connectivity index (χ2v) is 9.51. The van der Waals surface area contributed by atoms with E-state index in [4.69, 9.17) is 4.74 Å². The highest BCUT2D eigenvalue weighted by atomic mass is 32.2. The molecule has 0 aliphatic carbocycles. The molecular formula is C22H18F2N2O4S2. The van der Waals surface area contributed by atoms with Gasteiger partial charge in [-0.1, -0.05) is 18.2 Å². The number of hydrogen-bond acceptors (Lipinski definition) is 5. The van der Waals surface area contributed by atoms with Gasteiger partial charge in [-0.2, -0.15) is 4.31 Å². The monoisotopic (exact) mass is 476 g/mol. The fourth-order valence-corrected chi connectivity index (χ4v) is 5.50. The Morgan fingerprint density at radius 3 is 2.34 bits per heavy atom. The van der Waals surface area contributed by atoms with Gasteiger partial charge < -0.3 is 4.74 Å². The lowest BCUT2D eigenvalue weighted by Crippen LogP contribution is -2.50. The number of halogens is 2. The zero-order valence-corrected chi connectivity index (χ0v) is 18.7. The van der Waals surface area contributed by atoms with Gasteiger partial charge in [0.2, 0.25) is 0 Å². The lowest BCUT2D eigenvalue weighted by molar-refractivity contribution is 0.253. The molecule has 4 rings (SSSR count). The fraction of sp³-hybridized carbons (Fsp3) is 0.136. The number of hydrogen-bond donors (Lipinski definition) is 0. The summed E-state index contributed by atoms with van der Waals surface area (Å²) in [6.45, 7) is -0.508. The van der Waals surface area contributed by atoms with Crippen molar-refractivity contribution in [3.8, 4) is 5.75 Å². The molecule has 0 unspecified atom stereocenters. The van der Waals surface area contributed by atoms with Crippen molar-refractivity contribution in [1.29, 1.82) is 0 Å². The third-order valence-electron chi connectivity index (χ3n) is 5.03. The molecule has 3 aromatic carbocycles. The van der Waals surface area contributed by atoms with E-state index in [0.29, 0.717) is 4.31 Å². The molecule has 1 heterocycles. The van der Waals surface area contributed by atoms with Crippen LogP contribution >= 0.6 is 11.8 Å². The van der Waals surface area contributed by atoms with Crippen molar-refractivity contribution in [2.24, 2.45) is 0 Å². The van der Waals surface area contributed by atoms with Gasteiger partial charge in [-0.05, 0) is 36.6 Å². The molecule has 0 fully saturated rings. The van der Waals surface area contributed by atoms with Crippen LogP contribution in [0.1, 0.15) is 5.56 Å². The van der Waals surface area contributed by atoms with Crippen molar-refractivity contribution in [2.75, 3.05) is 22.6 Å². The van der Waals surface area contributed by atoms with Gasteiger partial charge in [-0.15, -0.1) is 11.8 Å². The molecule has 0 atom stereocenters. The Morgan fingerprint density at radius 2 is 1.69 bits per heavy atom. The predicted molar refractivity (Wildman–Crippen MR) is 119 cm³/mol. The van der Waals surface area contributed by atoms with Crippen LogP contribution in [0.4, 0.5) is 25.0 Å². The predicted octanol–water partition coefficient (Wildman–Crippen LogP) is 5.03. The summed E-state index contributed by atoms with van der Waals surface area (Å²) in [5.74, 6) is -1.82. The number of anilines is 2. The number of para-hydroxylation sites is 1. The summed E-state index contributed by atoms with van der Waals surface area (Å²) in [6, 6.07) is 13.4. The highest BCUT2D eigenvalue weighted by molar-refractivity contribution is 7.98. The van der Waals surface area contributed by atoms with Crippen molar-refractivity contribution in [3.63, 3.8) is 0 Å². The highest BCUT2D eigenvalue weighted by Gasteiger charge is 2.43. The maximum Gasteiger partial charge on any atom is 0.343 e. The molecule has 166 valence electrons. The van der Waals surface area contributed by atoms with Crippen LogP contribution in [0, 0.1) is 11.6 Å². The van der Waals surface area contributed by atoms with E-state index in [9.17, 15) is 22.0 Å². The molecule has 0 N–H and O–H groups in total. The number of nitrogens with zero attached hydrogens (tertiary/aromatic N) is 2. The molecule has 10 heteroatoms. The number of benzene rings is 3. The minimum absolute atomic E-state index is 0.00722. The second kappa shape index (κ2) is 8.44. The molecule has 1 aliphatic heterocycles. The minimum atomic E-state index is -4.24. The van der Waals surface area contributed by atoms with Crippen LogP contribution in [-0.4, -0.2) is 27.8 Å². The topological polar surface area (TPSA) is 66.9 Å². The first kappa shape index (κ1) is 22.1. The summed E-state index contributed by atoms with van der Waals surface area (Å²) in [5.41, 5.74) is -0.201. The van der Waals surface area contributed by atoms with Crippen molar-refractivity contribution in [2.45, 2.75) is 16.3 Å². The van der Waals surface area contributed by atoms with Crippen LogP contribution < -0.4 is 13.9 Å². The number of rotatable bonds is 5. The quantitative estimate of drug-likeness (QED) is 0.483. The first-order chi connectivity index (χ1) is 15.3. The molecule has 0 aromatic heterocycles. The Bertz CT molecular complexity index is 1290. The van der Waals surface area contributed by atoms with E-state index < -0.39 is 34.2 Å². The highest BCUT2D eigenvalue weighted by Crippen LogP contribution is 2.39. The zero-order chi connectivity index (χ0) is 23.0. The van der Waals surface area contributed by atoms with Crippen LogP contribution in [0.25, 0.3) is 0 Å². The Hall–Kier alpha value is -3.11. The standard InChI is InChI=1S/C22H18F2N2O4S2/c1-30-15-11-18(23)17(19(24)12-15)13-25-20-8-3-4-9-21(20)32(28,29)26(22(25)27)14-6-5-7-16(10-14)31-2/h3-12H,13H2,1-2H3. The molecule has 1 aliphatic rings. The largest absolute Gasteiger partial charge is 0.497 e. The number of amides is 2. The third-order valence-corrected chi connectivity index (χ3v) is 7.51. The van der Waals surface area contributed by atoms with Gasteiger partial charge >= 0.3 is 6.03 Å². The van der Waals surface area contributed by atoms with Gasteiger partial charge in [0.05, 0.1) is 25.0 Å². The van der Waals surface area contributed by atoms with E-state index in [2.05, 4.69) is 0 Å². The lowest BCUT2D eigenvalue weighted by Gasteiger charge is -2.36. The van der Waals surface area contributed by atoms with Crippen molar-refractivity contribution < 1.29 is 26.7 Å². The van der Waals surface area contributed by atoms with Crippen LogP contribution in [0.15, 0.2) is 70.5 Å². The maximum atomic E-state index is 14.6. The van der Waals surface area contributed by atoms with E-state index >= 15 is 0 Å². The summed E-state index contributed by atoms with van der Waals surface area (Å²) < 4.78 is 61.5. The second-order valence-electron chi connectivity index (χ2n) is 6.88. The molecule has 0 saturated carbocycles. The van der Waals surface area contributed by atoms with Crippen LogP contribution in [0.5, 0.6) is 5.75 Å². The Labute approximate surface area is 188 Å². The van der Waals surface area contributed by atoms with Gasteiger partial charge in [0.1, 0.15) is 22.3 Å². The van der Waals surface area contributed by atoms with Gasteiger partial charge in [0.15, 0.2) is 0 Å². The Kier molecular flexibility index (Phi) is 5.83. The number of carbonyl (C=O) groups is 1. The Morgan fingerprint density at radius 1 is 1.00 bits per heavy atom. The first-order valence-electron chi connectivity index (χ1n) is 9.39. The lowest BCUT2D eigenvalue weighted by atomic mass is 10.1. The summed E-state index contributed by atoms with van der Waals surface area (Å²) in [4.78, 5) is 15.1. The average molecular weight is 477 g/mol. The molecule has 0 saturated heterocycles. The summed E-state index contributed by atoms with van der Waals surface area (Å²) in [6.07, 6.45) is 1.82. The molecule has 2 amide bonds. The summed E-state index contributed by atoms with van der Waals surface area (Å²) in [5, 5.41) is 0. The fourth-order valence-electron chi connectivity index (χ4n) is 3.46. The molecule has 3 aromatic rings. The van der Waals surface area contributed by atoms with Crippen LogP contribution in [-0.2, 0) is 16.6 Å². The first-order valence-corrected chi connectivity index (χ1v) is 12.1. The molecule has 0 radical (unpaired) electrons. The van der Waals surface area contributed by atoms with Gasteiger partial charge in [-0.3, -0.25) is 4.90 Å². The number of carbonyl (C=O) groups excluding carboxylic acids is 1. The molecule has 6 nitrogen and oxygen atoms in total. The number of ether oxygens (including phenoxy) is 1. The van der Waals surface area contributed by atoms with E-state index in [1.54, 1.807) is 24.3 Å². The molecule has 32 heavy (non-hydrogen) atoms. The van der Waals surface area contributed by atoms with Crippen molar-refractivity contribution in [3.05, 3.63) is 77.9 Å². The van der Waals surface area contributed by atoms with E-state index in [1.165, 1.54) is 43.1 Å². The number of thioether (sulfide) groups is 1. The van der Waals surface area contributed by atoms with Gasteiger partial charge in [0.25, 0.3) is 10.0 Å². The van der Waals surface area contributed by atoms with Crippen LogP contribution in [0.2, 0.25) is 0 Å². The SMILES string of the molecule is COc1cc(F)c(CN2C(=O)N(c3cccc(SC)c3)S(=O)(=O)c3ccccc32)c(F)c1. The normalized spacial score (nSPS) is 14.9. The number of urea groups is 1. The third kappa shape index (κ3) is 3.69. The number of methoxy groups -OCH3 is 1. The van der Waals surface area contributed by atoms with E-state index in [-0.39, 0.29) is 27.6 Å². The van der Waals surface area contributed by atoms with E-state index in [1.807, 2.05) is 6.26 Å². The summed E-state index contributed by atoms with van der Waals surface area (Å²) in [7, 11) is -2.96. The average Bonchev–Trinajstić information content (AvgIpc) is 2.78. The summed E-state index contributed by atoms with van der Waals surface area (Å²) >= 11 is 1.39. The Balaban J connectivity index is 1.87. The van der Waals surface area contributed by atoms with Crippen LogP contribution in [0.3, 0.4) is 0 Å². The number of sulfonamides is 1. The smallest absolute Gasteiger partial charge is 0.343 e. The van der Waals surface area contributed by atoms with E-state index in [0.717, 1.165) is 21.9 Å². The molecular weight excluding hydrogens is 458 g/mol.